The number of carboxylic acid groups (broad SMARTS) is 1. The van der Waals surface area contributed by atoms with E-state index in [-0.39, 0.29) is 35.5 Å². The largest absolute Gasteiger partial charge is 0.479 e. The Morgan fingerprint density at radius 3 is 2.54 bits per heavy atom. The molecule has 7 rings (SSSR count). The van der Waals surface area contributed by atoms with Crippen molar-refractivity contribution in [3.05, 3.63) is 82.7 Å². The lowest BCUT2D eigenvalue weighted by Gasteiger charge is -2.34. The van der Waals surface area contributed by atoms with Crippen LogP contribution in [0.5, 0.6) is 0 Å². The maximum atomic E-state index is 14.6. The first-order valence-corrected chi connectivity index (χ1v) is 16.0. The molecule has 46 heavy (non-hydrogen) atoms. The van der Waals surface area contributed by atoms with E-state index in [0.717, 1.165) is 41.4 Å². The molecule has 8 nitrogen and oxygen atoms in total. The highest BCUT2D eigenvalue weighted by molar-refractivity contribution is 5.99. The van der Waals surface area contributed by atoms with E-state index in [1.807, 2.05) is 37.3 Å². The number of benzene rings is 2. The molecule has 4 unspecified atom stereocenters. The fraction of sp³-hybridized carbons (Fsp3) is 0.486. The van der Waals surface area contributed by atoms with Gasteiger partial charge < -0.3 is 20.1 Å². The van der Waals surface area contributed by atoms with Crippen LogP contribution in [0.2, 0.25) is 0 Å². The van der Waals surface area contributed by atoms with Gasteiger partial charge in [0.1, 0.15) is 5.54 Å². The summed E-state index contributed by atoms with van der Waals surface area (Å²) < 4.78 is 49.4. The van der Waals surface area contributed by atoms with Crippen molar-refractivity contribution in [1.29, 1.82) is 0 Å². The smallest absolute Gasteiger partial charge is 0.434 e. The number of carbonyl (C=O) groups is 2. The molecule has 242 valence electrons. The molecule has 2 bridgehead atoms. The van der Waals surface area contributed by atoms with Gasteiger partial charge >= 0.3 is 12.1 Å². The number of nitrogens with one attached hydrogen (secondary N) is 1. The van der Waals surface area contributed by atoms with Crippen LogP contribution in [0, 0.1) is 17.8 Å². The number of alkyl halides is 3. The van der Waals surface area contributed by atoms with Gasteiger partial charge in [0.15, 0.2) is 5.69 Å². The van der Waals surface area contributed by atoms with Gasteiger partial charge in [-0.15, -0.1) is 0 Å². The standard InChI is InChI=1S/C35H37F3N4O4/c1-21-13-24-16-25(14-21)34(18-24,31(44)45)41-30(43)26-19-39-32(40-29(26)35(36,37)38)42-20-33(9-11-46-12-10-33)27-17-23(7-8-28(27)42)15-22-5-3-2-4-6-22/h2-8,17,19,21,24-25H,9-16,18,20H2,1H3,(H,41,43)(H,44,45). The third kappa shape index (κ3) is 5.32. The number of aliphatic carboxylic acids is 1. The van der Waals surface area contributed by atoms with E-state index in [4.69, 9.17) is 4.74 Å². The summed E-state index contributed by atoms with van der Waals surface area (Å²) in [4.78, 5) is 36.1. The van der Waals surface area contributed by atoms with Crippen LogP contribution < -0.4 is 10.2 Å². The number of hydrogen-bond acceptors (Lipinski definition) is 6. The predicted octanol–water partition coefficient (Wildman–Crippen LogP) is 6.30. The van der Waals surface area contributed by atoms with Crippen molar-refractivity contribution in [2.45, 2.75) is 69.0 Å². The SMILES string of the molecule is CC1CC2CC(C1)C(NC(=O)c1cnc(N3CC4(CCOCC4)c4cc(Cc5ccccc5)ccc43)nc1C(F)(F)F)(C(=O)O)C2. The number of nitrogens with zero attached hydrogens (tertiary/aromatic N) is 3. The molecular weight excluding hydrogens is 597 g/mol. The average molecular weight is 635 g/mol. The summed E-state index contributed by atoms with van der Waals surface area (Å²) in [5.41, 5.74) is -0.0809. The van der Waals surface area contributed by atoms with Crippen molar-refractivity contribution < 1.29 is 32.6 Å². The number of fused-ring (bicyclic) bond motifs is 4. The van der Waals surface area contributed by atoms with Crippen LogP contribution in [0.3, 0.4) is 0 Å². The second kappa shape index (κ2) is 11.4. The highest BCUT2D eigenvalue weighted by atomic mass is 19.4. The molecule has 1 saturated heterocycles. The lowest BCUT2D eigenvalue weighted by atomic mass is 9.75. The Morgan fingerprint density at radius 1 is 1.07 bits per heavy atom. The zero-order valence-electron chi connectivity index (χ0n) is 25.6. The van der Waals surface area contributed by atoms with Crippen LogP contribution in [0.4, 0.5) is 24.8 Å². The molecule has 1 aromatic heterocycles. The average Bonchev–Trinajstić information content (AvgIpc) is 3.47. The van der Waals surface area contributed by atoms with E-state index in [9.17, 15) is 27.9 Å². The fourth-order valence-corrected chi connectivity index (χ4v) is 8.59. The van der Waals surface area contributed by atoms with Crippen molar-refractivity contribution in [1.82, 2.24) is 15.3 Å². The van der Waals surface area contributed by atoms with Gasteiger partial charge in [0.05, 0.1) is 5.56 Å². The Bertz CT molecular complexity index is 1660. The van der Waals surface area contributed by atoms with Crippen LogP contribution in [-0.2, 0) is 27.5 Å². The zero-order valence-corrected chi connectivity index (χ0v) is 25.6. The number of anilines is 2. The number of aromatic nitrogens is 2. The van der Waals surface area contributed by atoms with Gasteiger partial charge in [0, 0.05) is 37.1 Å². The van der Waals surface area contributed by atoms with Gasteiger partial charge in [-0.3, -0.25) is 4.79 Å². The van der Waals surface area contributed by atoms with Gasteiger partial charge in [-0.05, 0) is 85.5 Å². The van der Waals surface area contributed by atoms with Crippen molar-refractivity contribution >= 4 is 23.5 Å². The first-order chi connectivity index (χ1) is 22.0. The minimum atomic E-state index is -4.97. The molecule has 2 aliphatic heterocycles. The number of hydrogen-bond donors (Lipinski definition) is 2. The highest BCUT2D eigenvalue weighted by Crippen LogP contribution is 2.52. The van der Waals surface area contributed by atoms with Gasteiger partial charge in [0.25, 0.3) is 5.91 Å². The summed E-state index contributed by atoms with van der Waals surface area (Å²) in [5, 5.41) is 12.8. The molecule has 4 aliphatic rings. The zero-order chi connectivity index (χ0) is 32.3. The first kappa shape index (κ1) is 30.7. The van der Waals surface area contributed by atoms with Crippen LogP contribution in [0.25, 0.3) is 0 Å². The number of amides is 1. The van der Waals surface area contributed by atoms with Crippen LogP contribution in [0.15, 0.2) is 54.7 Å². The van der Waals surface area contributed by atoms with E-state index in [0.29, 0.717) is 45.4 Å². The third-order valence-electron chi connectivity index (χ3n) is 10.7. The summed E-state index contributed by atoms with van der Waals surface area (Å²) in [6.45, 7) is 3.50. The Labute approximate surface area is 265 Å². The van der Waals surface area contributed by atoms with Crippen molar-refractivity contribution in [2.24, 2.45) is 17.8 Å². The molecule has 2 N–H and O–H groups in total. The lowest BCUT2D eigenvalue weighted by Crippen LogP contribution is -2.57. The second-order valence-corrected chi connectivity index (χ2v) is 13.7. The van der Waals surface area contributed by atoms with Crippen LogP contribution in [0.1, 0.15) is 78.2 Å². The van der Waals surface area contributed by atoms with E-state index in [1.165, 1.54) is 0 Å². The van der Waals surface area contributed by atoms with Gasteiger partial charge in [-0.25, -0.2) is 14.8 Å². The van der Waals surface area contributed by atoms with Crippen molar-refractivity contribution in [3.8, 4) is 0 Å². The molecule has 2 saturated carbocycles. The molecule has 3 fully saturated rings. The van der Waals surface area contributed by atoms with Gasteiger partial charge in [-0.1, -0.05) is 49.4 Å². The van der Waals surface area contributed by atoms with E-state index >= 15 is 0 Å². The number of carboxylic acids is 1. The first-order valence-electron chi connectivity index (χ1n) is 16.0. The highest BCUT2D eigenvalue weighted by Gasteiger charge is 2.57. The van der Waals surface area contributed by atoms with Crippen molar-refractivity contribution in [3.63, 3.8) is 0 Å². The minimum Gasteiger partial charge on any atom is -0.479 e. The monoisotopic (exact) mass is 634 g/mol. The van der Waals surface area contributed by atoms with E-state index in [1.54, 1.807) is 4.90 Å². The third-order valence-corrected chi connectivity index (χ3v) is 10.7. The van der Waals surface area contributed by atoms with E-state index in [2.05, 4.69) is 33.5 Å². The molecule has 2 aliphatic carbocycles. The molecule has 4 atom stereocenters. The van der Waals surface area contributed by atoms with Gasteiger partial charge in [0.2, 0.25) is 5.95 Å². The molecule has 3 heterocycles. The molecule has 1 amide bonds. The Balaban J connectivity index is 1.23. The Morgan fingerprint density at radius 2 is 1.83 bits per heavy atom. The number of rotatable bonds is 6. The lowest BCUT2D eigenvalue weighted by molar-refractivity contribution is -0.146. The normalized spacial score (nSPS) is 26.6. The predicted molar refractivity (Wildman–Crippen MR) is 164 cm³/mol. The quantitative estimate of drug-likeness (QED) is 0.328. The number of halogens is 3. The van der Waals surface area contributed by atoms with Gasteiger partial charge in [-0.2, -0.15) is 13.2 Å². The summed E-state index contributed by atoms with van der Waals surface area (Å²) in [6, 6.07) is 16.1. The fourth-order valence-electron chi connectivity index (χ4n) is 8.59. The minimum absolute atomic E-state index is 0.104. The molecular formula is C35H37F3N4O4. The molecule has 11 heteroatoms. The Hall–Kier alpha value is -3.99. The summed E-state index contributed by atoms with van der Waals surface area (Å²) >= 11 is 0. The maximum absolute atomic E-state index is 14.6. The molecule has 3 aromatic rings. The molecule has 0 radical (unpaired) electrons. The summed E-state index contributed by atoms with van der Waals surface area (Å²) in [7, 11) is 0. The van der Waals surface area contributed by atoms with E-state index < -0.39 is 34.8 Å². The van der Waals surface area contributed by atoms with Crippen molar-refractivity contribution in [2.75, 3.05) is 24.7 Å². The maximum Gasteiger partial charge on any atom is 0.434 e. The summed E-state index contributed by atoms with van der Waals surface area (Å²) in [5.74, 6) is -2.44. The summed E-state index contributed by atoms with van der Waals surface area (Å²) in [6.07, 6.45) is 0.324. The molecule has 1 spiro atoms. The molecule has 2 aromatic carbocycles. The van der Waals surface area contributed by atoms with Crippen LogP contribution >= 0.6 is 0 Å². The van der Waals surface area contributed by atoms with Crippen LogP contribution in [-0.4, -0.2) is 52.2 Å². The number of ether oxygens (including phenoxy) is 1. The Kier molecular flexibility index (Phi) is 7.57. The second-order valence-electron chi connectivity index (χ2n) is 13.7. The number of carbonyl (C=O) groups excluding carboxylic acids is 1. The topological polar surface area (TPSA) is 105 Å².